The largest absolute Gasteiger partial charge is 0.396 e. The van der Waals surface area contributed by atoms with Crippen molar-refractivity contribution in [1.29, 1.82) is 0 Å². The smallest absolute Gasteiger partial charge is 0.200 e. The molecule has 4 aromatic rings. The van der Waals surface area contributed by atoms with Crippen LogP contribution in [0.4, 0.5) is 0 Å². The Bertz CT molecular complexity index is 1280. The molecule has 0 saturated heterocycles. The van der Waals surface area contributed by atoms with Crippen LogP contribution in [0.2, 0.25) is 0 Å². The van der Waals surface area contributed by atoms with E-state index in [-0.39, 0.29) is 11.5 Å². The third kappa shape index (κ3) is 5.61. The molecule has 0 saturated carbocycles. The topological polar surface area (TPSA) is 102 Å². The van der Waals surface area contributed by atoms with Gasteiger partial charge in [-0.3, -0.25) is 14.6 Å². The van der Waals surface area contributed by atoms with Crippen molar-refractivity contribution in [1.82, 2.24) is 25.3 Å². The molecular formula is C27H32N6O. The Hall–Kier alpha value is -4.13. The van der Waals surface area contributed by atoms with Crippen molar-refractivity contribution in [2.45, 2.75) is 32.7 Å². The number of para-hydroxylation sites is 1. The summed E-state index contributed by atoms with van der Waals surface area (Å²) in [5.41, 5.74) is 10.4. The molecule has 4 N–H and O–H groups in total. The quantitative estimate of drug-likeness (QED) is 0.337. The molecule has 0 aliphatic carbocycles. The summed E-state index contributed by atoms with van der Waals surface area (Å²) in [5.74, 6) is -0.263. The predicted octanol–water partition coefficient (Wildman–Crippen LogP) is 4.59. The Kier molecular flexibility index (Phi) is 8.03. The van der Waals surface area contributed by atoms with Gasteiger partial charge in [0.1, 0.15) is 11.4 Å². The van der Waals surface area contributed by atoms with E-state index < -0.39 is 6.04 Å². The van der Waals surface area contributed by atoms with Gasteiger partial charge in [-0.15, -0.1) is 0 Å². The molecule has 2 aromatic carbocycles. The second-order valence-corrected chi connectivity index (χ2v) is 8.14. The summed E-state index contributed by atoms with van der Waals surface area (Å²) in [4.78, 5) is 12.7. The molecule has 176 valence electrons. The first-order valence-electron chi connectivity index (χ1n) is 11.3. The van der Waals surface area contributed by atoms with Gasteiger partial charge >= 0.3 is 0 Å². The number of benzene rings is 2. The fourth-order valence-electron chi connectivity index (χ4n) is 3.60. The highest BCUT2D eigenvalue weighted by atomic mass is 16.1. The minimum atomic E-state index is -0.601. The highest BCUT2D eigenvalue weighted by molar-refractivity contribution is 5.99. The fourth-order valence-corrected chi connectivity index (χ4v) is 3.60. The van der Waals surface area contributed by atoms with Gasteiger partial charge in [-0.1, -0.05) is 82.0 Å². The zero-order chi connectivity index (χ0) is 24.7. The van der Waals surface area contributed by atoms with Crippen LogP contribution in [-0.2, 0) is 18.3 Å². The molecular weight excluding hydrogens is 424 g/mol. The van der Waals surface area contributed by atoms with Crippen LogP contribution in [0.15, 0.2) is 79.6 Å². The molecule has 0 aliphatic rings. The maximum atomic E-state index is 12.7. The molecule has 7 nitrogen and oxygen atoms in total. The number of aryl methyl sites for hydroxylation is 1. The van der Waals surface area contributed by atoms with Gasteiger partial charge in [0.2, 0.25) is 0 Å². The molecule has 2 heterocycles. The number of fused-ring (bicyclic) bond motifs is 1. The van der Waals surface area contributed by atoms with Crippen molar-refractivity contribution >= 4 is 22.4 Å². The van der Waals surface area contributed by atoms with Gasteiger partial charge in [0.25, 0.3) is 0 Å². The van der Waals surface area contributed by atoms with Crippen LogP contribution < -0.4 is 11.1 Å². The Morgan fingerprint density at radius 3 is 2.41 bits per heavy atom. The molecule has 2 aromatic heterocycles. The van der Waals surface area contributed by atoms with Gasteiger partial charge in [0.05, 0.1) is 17.3 Å². The number of nitrogens with one attached hydrogen (secondary N) is 2. The van der Waals surface area contributed by atoms with Crippen LogP contribution in [0.25, 0.3) is 28.0 Å². The standard InChI is InChI=1S/C24H24N6O.C3H8/c1-15(25)24(31)21(13-17-9-5-4-6-10-17)26-16(2)19-14-30(3)29-23(19)22-18-11-7-8-12-20(18)27-28-22;1-3-2/h4-12,14,21,26H,1-2,13,25H2,3H3,(H,27,28);3H2,1-2H3. The number of Topliss-reactive ketones (excluding diaryl/α,β-unsaturated/α-hetero) is 1. The van der Waals surface area contributed by atoms with Gasteiger partial charge < -0.3 is 11.1 Å². The zero-order valence-corrected chi connectivity index (χ0v) is 20.0. The van der Waals surface area contributed by atoms with Gasteiger partial charge in [0, 0.05) is 36.3 Å². The highest BCUT2D eigenvalue weighted by Gasteiger charge is 2.24. The monoisotopic (exact) mass is 456 g/mol. The lowest BCUT2D eigenvalue weighted by molar-refractivity contribution is -0.117. The van der Waals surface area contributed by atoms with Gasteiger partial charge in [-0.05, 0) is 11.6 Å². The van der Waals surface area contributed by atoms with Crippen LogP contribution in [0.5, 0.6) is 0 Å². The lowest BCUT2D eigenvalue weighted by Gasteiger charge is -2.20. The van der Waals surface area contributed by atoms with Gasteiger partial charge in [0.15, 0.2) is 5.78 Å². The average molecular weight is 457 g/mol. The summed E-state index contributed by atoms with van der Waals surface area (Å²) >= 11 is 0. The molecule has 7 heteroatoms. The molecule has 0 spiro atoms. The summed E-state index contributed by atoms with van der Waals surface area (Å²) < 4.78 is 1.71. The number of carbonyl (C=O) groups is 1. The number of hydrogen-bond acceptors (Lipinski definition) is 5. The number of H-pyrrole nitrogens is 1. The first kappa shape index (κ1) is 24.5. The van der Waals surface area contributed by atoms with E-state index in [0.717, 1.165) is 27.7 Å². The lowest BCUT2D eigenvalue weighted by Crippen LogP contribution is -2.39. The van der Waals surface area contributed by atoms with Crippen LogP contribution in [-0.4, -0.2) is 31.8 Å². The molecule has 0 fully saturated rings. The Labute approximate surface area is 200 Å². The van der Waals surface area contributed by atoms with E-state index in [1.54, 1.807) is 4.68 Å². The zero-order valence-electron chi connectivity index (χ0n) is 20.0. The second kappa shape index (κ2) is 11.1. The Morgan fingerprint density at radius 1 is 1.09 bits per heavy atom. The van der Waals surface area contributed by atoms with Crippen molar-refractivity contribution in [3.63, 3.8) is 0 Å². The summed E-state index contributed by atoms with van der Waals surface area (Å²) in [6.45, 7) is 12.1. The van der Waals surface area contributed by atoms with Crippen molar-refractivity contribution in [2.24, 2.45) is 12.8 Å². The number of rotatable bonds is 8. The third-order valence-electron chi connectivity index (χ3n) is 5.11. The second-order valence-electron chi connectivity index (χ2n) is 8.14. The molecule has 1 atom stereocenters. The average Bonchev–Trinajstić information content (AvgIpc) is 3.42. The fraction of sp³-hybridized carbons (Fsp3) is 0.222. The van der Waals surface area contributed by atoms with E-state index >= 15 is 0 Å². The first-order valence-corrected chi connectivity index (χ1v) is 11.3. The minimum absolute atomic E-state index is 0.00550. The van der Waals surface area contributed by atoms with E-state index in [9.17, 15) is 4.79 Å². The van der Waals surface area contributed by atoms with Crippen LogP contribution in [0, 0.1) is 0 Å². The SMILES string of the molecule is C=C(N)C(=O)C(Cc1ccccc1)NC(=C)c1cn(C)nc1-c1n[nH]c2ccccc12.CCC. The minimum Gasteiger partial charge on any atom is -0.396 e. The molecule has 1 unspecified atom stereocenters. The predicted molar refractivity (Wildman–Crippen MR) is 139 cm³/mol. The van der Waals surface area contributed by atoms with Crippen LogP contribution in [0.3, 0.4) is 0 Å². The summed E-state index contributed by atoms with van der Waals surface area (Å²) in [7, 11) is 1.84. The van der Waals surface area contributed by atoms with Crippen molar-refractivity contribution < 1.29 is 4.79 Å². The van der Waals surface area contributed by atoms with Gasteiger partial charge in [-0.2, -0.15) is 10.2 Å². The van der Waals surface area contributed by atoms with E-state index in [2.05, 4.69) is 47.6 Å². The summed E-state index contributed by atoms with van der Waals surface area (Å²) in [5, 5.41) is 16.3. The van der Waals surface area contributed by atoms with Crippen molar-refractivity contribution in [3.05, 3.63) is 90.8 Å². The van der Waals surface area contributed by atoms with E-state index in [0.29, 0.717) is 17.8 Å². The molecule has 0 radical (unpaired) electrons. The lowest BCUT2D eigenvalue weighted by atomic mass is 9.99. The Morgan fingerprint density at radius 2 is 1.74 bits per heavy atom. The molecule has 0 aliphatic heterocycles. The van der Waals surface area contributed by atoms with Crippen molar-refractivity contribution in [3.8, 4) is 11.4 Å². The number of carbonyl (C=O) groups excluding carboxylic acids is 1. The van der Waals surface area contributed by atoms with E-state index in [4.69, 9.17) is 5.73 Å². The number of nitrogens with zero attached hydrogens (tertiary/aromatic N) is 3. The maximum absolute atomic E-state index is 12.7. The van der Waals surface area contributed by atoms with E-state index in [1.165, 1.54) is 6.42 Å². The molecule has 34 heavy (non-hydrogen) atoms. The van der Waals surface area contributed by atoms with E-state index in [1.807, 2.05) is 67.8 Å². The molecule has 0 amide bonds. The number of ketones is 1. The Balaban J connectivity index is 0.00000103. The first-order chi connectivity index (χ1) is 16.3. The number of aromatic nitrogens is 4. The normalized spacial score (nSPS) is 11.4. The summed E-state index contributed by atoms with van der Waals surface area (Å²) in [6, 6.07) is 17.0. The number of nitrogens with two attached hydrogens (primary N) is 1. The van der Waals surface area contributed by atoms with Crippen molar-refractivity contribution in [2.75, 3.05) is 0 Å². The third-order valence-corrected chi connectivity index (χ3v) is 5.11. The van der Waals surface area contributed by atoms with Crippen LogP contribution >= 0.6 is 0 Å². The molecule has 4 rings (SSSR count). The highest BCUT2D eigenvalue weighted by Crippen LogP contribution is 2.30. The number of hydrogen-bond donors (Lipinski definition) is 3. The maximum Gasteiger partial charge on any atom is 0.200 e. The van der Waals surface area contributed by atoms with Gasteiger partial charge in [-0.25, -0.2) is 0 Å². The molecule has 0 bridgehead atoms. The number of aromatic amines is 1. The van der Waals surface area contributed by atoms with Crippen LogP contribution in [0.1, 0.15) is 31.4 Å². The summed E-state index contributed by atoms with van der Waals surface area (Å²) in [6.07, 6.45) is 3.56.